The lowest BCUT2D eigenvalue weighted by molar-refractivity contribution is 0.0906. The average Bonchev–Trinajstić information content (AvgIpc) is 2.20. The van der Waals surface area contributed by atoms with Crippen molar-refractivity contribution >= 4 is 21.7 Å². The highest BCUT2D eigenvalue weighted by Gasteiger charge is 2.28. The summed E-state index contributed by atoms with van der Waals surface area (Å²) in [5, 5.41) is 0. The van der Waals surface area contributed by atoms with Crippen LogP contribution in [0.4, 0.5) is 5.82 Å². The van der Waals surface area contributed by atoms with Crippen molar-refractivity contribution in [1.82, 2.24) is 9.97 Å². The molecule has 0 amide bonds. The first kappa shape index (κ1) is 12.6. The Labute approximate surface area is 110 Å². The monoisotopic (exact) mass is 299 g/mol. The Morgan fingerprint density at radius 3 is 2.59 bits per heavy atom. The van der Waals surface area contributed by atoms with Gasteiger partial charge in [0, 0.05) is 6.07 Å². The van der Waals surface area contributed by atoms with Gasteiger partial charge in [0.25, 0.3) is 0 Å². The fraction of sp³-hybridized carbons (Fsp3) is 0.667. The zero-order valence-electron chi connectivity index (χ0n) is 10.2. The van der Waals surface area contributed by atoms with Gasteiger partial charge in [-0.2, -0.15) is 9.97 Å². The predicted molar refractivity (Wildman–Crippen MR) is 70.8 cm³/mol. The van der Waals surface area contributed by atoms with Crippen molar-refractivity contribution in [2.45, 2.75) is 45.6 Å². The first-order valence-corrected chi connectivity index (χ1v) is 6.71. The Bertz CT molecular complexity index is 378. The van der Waals surface area contributed by atoms with Gasteiger partial charge in [0.1, 0.15) is 16.5 Å². The first-order chi connectivity index (χ1) is 7.94. The van der Waals surface area contributed by atoms with Crippen molar-refractivity contribution in [3.05, 3.63) is 10.7 Å². The molecule has 1 saturated carbocycles. The number of hydrogen-bond donors (Lipinski definition) is 1. The van der Waals surface area contributed by atoms with Crippen molar-refractivity contribution in [2.75, 3.05) is 5.73 Å². The third kappa shape index (κ3) is 3.56. The summed E-state index contributed by atoms with van der Waals surface area (Å²) in [5.74, 6) is 0.429. The van der Waals surface area contributed by atoms with E-state index in [0.717, 1.165) is 12.8 Å². The molecule has 0 spiro atoms. The lowest BCUT2D eigenvalue weighted by Crippen LogP contribution is -2.28. The maximum atomic E-state index is 5.78. The molecule has 2 N–H and O–H groups in total. The molecule has 1 aliphatic carbocycles. The van der Waals surface area contributed by atoms with Gasteiger partial charge in [-0.25, -0.2) is 0 Å². The number of aromatic nitrogens is 2. The number of ether oxygens (including phenoxy) is 1. The van der Waals surface area contributed by atoms with Crippen LogP contribution in [-0.4, -0.2) is 16.1 Å². The van der Waals surface area contributed by atoms with Crippen molar-refractivity contribution in [3.63, 3.8) is 0 Å². The zero-order valence-corrected chi connectivity index (χ0v) is 11.8. The summed E-state index contributed by atoms with van der Waals surface area (Å²) >= 11 is 3.28. The molecule has 0 aromatic carbocycles. The van der Waals surface area contributed by atoms with Gasteiger partial charge in [0.2, 0.25) is 0 Å². The van der Waals surface area contributed by atoms with Gasteiger partial charge in [-0.1, -0.05) is 13.8 Å². The van der Waals surface area contributed by atoms with Gasteiger partial charge >= 0.3 is 6.01 Å². The number of hydrogen-bond acceptors (Lipinski definition) is 4. The number of nitrogens with two attached hydrogens (primary N) is 1. The maximum Gasteiger partial charge on any atom is 0.319 e. The molecule has 0 saturated heterocycles. The second-order valence-corrected chi connectivity index (χ2v) is 6.19. The quantitative estimate of drug-likeness (QED) is 0.852. The summed E-state index contributed by atoms with van der Waals surface area (Å²) in [6.07, 6.45) is 4.70. The first-order valence-electron chi connectivity index (χ1n) is 5.91. The van der Waals surface area contributed by atoms with E-state index in [2.05, 4.69) is 39.7 Å². The molecule has 0 bridgehead atoms. The molecule has 0 atom stereocenters. The molecule has 1 aromatic heterocycles. The van der Waals surface area contributed by atoms with Crippen LogP contribution in [0.2, 0.25) is 0 Å². The molecule has 1 aliphatic rings. The summed E-state index contributed by atoms with van der Waals surface area (Å²) in [5.41, 5.74) is 6.09. The number of rotatable bonds is 2. The van der Waals surface area contributed by atoms with Gasteiger partial charge in [0.05, 0.1) is 0 Å². The van der Waals surface area contributed by atoms with E-state index in [1.165, 1.54) is 12.8 Å². The molecule has 0 aliphatic heterocycles. The summed E-state index contributed by atoms with van der Waals surface area (Å²) in [6, 6.07) is 2.04. The molecule has 17 heavy (non-hydrogen) atoms. The highest BCUT2D eigenvalue weighted by atomic mass is 79.9. The minimum Gasteiger partial charge on any atom is -0.460 e. The van der Waals surface area contributed by atoms with E-state index in [0.29, 0.717) is 21.8 Å². The smallest absolute Gasteiger partial charge is 0.319 e. The fourth-order valence-corrected chi connectivity index (χ4v) is 2.49. The fourth-order valence-electron chi connectivity index (χ4n) is 2.11. The largest absolute Gasteiger partial charge is 0.460 e. The molecule has 5 heteroatoms. The molecular weight excluding hydrogens is 282 g/mol. The van der Waals surface area contributed by atoms with E-state index in [1.54, 1.807) is 6.07 Å². The second kappa shape index (κ2) is 4.80. The molecule has 1 heterocycles. The van der Waals surface area contributed by atoms with Crippen molar-refractivity contribution < 1.29 is 4.74 Å². The topological polar surface area (TPSA) is 61.0 Å². The SMILES string of the molecule is CC1(C)CCC(Oc2nc(N)cc(Br)n2)CC1. The van der Waals surface area contributed by atoms with Crippen molar-refractivity contribution in [3.8, 4) is 6.01 Å². The summed E-state index contributed by atoms with van der Waals surface area (Å²) in [6.45, 7) is 4.60. The molecule has 4 nitrogen and oxygen atoms in total. The second-order valence-electron chi connectivity index (χ2n) is 5.38. The number of nitrogens with zero attached hydrogens (tertiary/aromatic N) is 2. The molecule has 0 radical (unpaired) electrons. The zero-order chi connectivity index (χ0) is 12.5. The maximum absolute atomic E-state index is 5.78. The highest BCUT2D eigenvalue weighted by molar-refractivity contribution is 9.10. The Morgan fingerprint density at radius 2 is 2.00 bits per heavy atom. The summed E-state index contributed by atoms with van der Waals surface area (Å²) < 4.78 is 6.44. The molecule has 1 aromatic rings. The van der Waals surface area contributed by atoms with Crippen LogP contribution in [-0.2, 0) is 0 Å². The van der Waals surface area contributed by atoms with Gasteiger partial charge in [0.15, 0.2) is 0 Å². The Hall–Kier alpha value is -0.840. The number of nitrogen functional groups attached to an aromatic ring is 1. The van der Waals surface area contributed by atoms with Crippen LogP contribution < -0.4 is 10.5 Å². The van der Waals surface area contributed by atoms with E-state index in [9.17, 15) is 0 Å². The van der Waals surface area contributed by atoms with E-state index in [4.69, 9.17) is 10.5 Å². The van der Waals surface area contributed by atoms with Crippen LogP contribution in [0.1, 0.15) is 39.5 Å². The molecule has 2 rings (SSSR count). The number of anilines is 1. The Morgan fingerprint density at radius 1 is 1.35 bits per heavy atom. The standard InChI is InChI=1S/C12H18BrN3O/c1-12(2)5-3-8(4-6-12)17-11-15-9(13)7-10(14)16-11/h7-8H,3-6H2,1-2H3,(H2,14,15,16). The third-order valence-electron chi connectivity index (χ3n) is 3.25. The minimum absolute atomic E-state index is 0.219. The summed E-state index contributed by atoms with van der Waals surface area (Å²) in [7, 11) is 0. The molecule has 0 unspecified atom stereocenters. The van der Waals surface area contributed by atoms with Crippen LogP contribution in [0.3, 0.4) is 0 Å². The lowest BCUT2D eigenvalue weighted by atomic mass is 9.76. The normalized spacial score (nSPS) is 20.2. The Kier molecular flexibility index (Phi) is 3.56. The number of halogens is 1. The van der Waals surface area contributed by atoms with Crippen molar-refractivity contribution in [1.29, 1.82) is 0 Å². The van der Waals surface area contributed by atoms with Crippen LogP contribution >= 0.6 is 15.9 Å². The summed E-state index contributed by atoms with van der Waals surface area (Å²) in [4.78, 5) is 8.25. The van der Waals surface area contributed by atoms with Gasteiger partial charge in [-0.3, -0.25) is 0 Å². The minimum atomic E-state index is 0.219. The van der Waals surface area contributed by atoms with Crippen molar-refractivity contribution in [2.24, 2.45) is 5.41 Å². The van der Waals surface area contributed by atoms with E-state index >= 15 is 0 Å². The third-order valence-corrected chi connectivity index (χ3v) is 3.66. The molecule has 1 fully saturated rings. The Balaban J connectivity index is 1.97. The molecule has 94 valence electrons. The van der Waals surface area contributed by atoms with E-state index < -0.39 is 0 Å². The average molecular weight is 300 g/mol. The van der Waals surface area contributed by atoms with E-state index in [1.807, 2.05) is 0 Å². The van der Waals surface area contributed by atoms with Crippen LogP contribution in [0.25, 0.3) is 0 Å². The van der Waals surface area contributed by atoms with Crippen LogP contribution in [0, 0.1) is 5.41 Å². The van der Waals surface area contributed by atoms with Gasteiger partial charge < -0.3 is 10.5 Å². The predicted octanol–water partition coefficient (Wildman–Crippen LogP) is 3.17. The lowest BCUT2D eigenvalue weighted by Gasteiger charge is -2.33. The van der Waals surface area contributed by atoms with E-state index in [-0.39, 0.29) is 6.10 Å². The van der Waals surface area contributed by atoms with Crippen LogP contribution in [0.5, 0.6) is 6.01 Å². The molecular formula is C12H18BrN3O. The van der Waals surface area contributed by atoms with Gasteiger partial charge in [-0.15, -0.1) is 0 Å². The van der Waals surface area contributed by atoms with Gasteiger partial charge in [-0.05, 0) is 47.0 Å². The van der Waals surface area contributed by atoms with Crippen LogP contribution in [0.15, 0.2) is 10.7 Å². The highest BCUT2D eigenvalue weighted by Crippen LogP contribution is 2.36.